The van der Waals surface area contributed by atoms with Crippen molar-refractivity contribution >= 4 is 28.4 Å². The van der Waals surface area contributed by atoms with Crippen molar-refractivity contribution in [3.8, 4) is 0 Å². The fraction of sp³-hybridized carbons (Fsp3) is 0. The number of amides is 1. The van der Waals surface area contributed by atoms with Crippen LogP contribution < -0.4 is 5.73 Å². The van der Waals surface area contributed by atoms with Crippen molar-refractivity contribution in [2.24, 2.45) is 5.73 Å². The van der Waals surface area contributed by atoms with Gasteiger partial charge in [0.05, 0.1) is 16.1 Å². The van der Waals surface area contributed by atoms with Crippen LogP contribution in [0.1, 0.15) is 10.4 Å². The maximum absolute atomic E-state index is 11.0. The van der Waals surface area contributed by atoms with Crippen LogP contribution in [-0.2, 0) is 0 Å². The van der Waals surface area contributed by atoms with Gasteiger partial charge < -0.3 is 5.73 Å². The van der Waals surface area contributed by atoms with Crippen LogP contribution >= 0.6 is 11.6 Å². The summed E-state index contributed by atoms with van der Waals surface area (Å²) in [4.78, 5) is 15.1. The molecule has 1 amide bonds. The van der Waals surface area contributed by atoms with E-state index < -0.39 is 5.91 Å². The molecule has 2 rings (SSSR count). The number of hydrogen-bond donors (Lipinski definition) is 1. The van der Waals surface area contributed by atoms with E-state index in [0.29, 0.717) is 16.1 Å². The smallest absolute Gasteiger partial charge is 0.250 e. The standard InChI is InChI=1S/C10H7ClN2O/c11-8-4-6-2-1-3-13-9(6)5-7(8)10(12)14/h1-5H,(H2,12,14). The summed E-state index contributed by atoms with van der Waals surface area (Å²) in [6, 6.07) is 6.96. The Morgan fingerprint density at radius 3 is 2.93 bits per heavy atom. The Labute approximate surface area is 85.5 Å². The molecule has 0 bridgehead atoms. The largest absolute Gasteiger partial charge is 0.366 e. The average Bonchev–Trinajstić information content (AvgIpc) is 2.16. The maximum atomic E-state index is 11.0. The minimum atomic E-state index is -0.539. The number of aromatic nitrogens is 1. The van der Waals surface area contributed by atoms with E-state index in [2.05, 4.69) is 4.98 Å². The Kier molecular flexibility index (Phi) is 2.09. The van der Waals surface area contributed by atoms with Crippen LogP contribution in [0.3, 0.4) is 0 Å². The van der Waals surface area contributed by atoms with Crippen molar-refractivity contribution in [1.29, 1.82) is 0 Å². The molecule has 0 saturated heterocycles. The second-order valence-corrected chi connectivity index (χ2v) is 3.30. The van der Waals surface area contributed by atoms with Gasteiger partial charge in [-0.3, -0.25) is 9.78 Å². The molecule has 0 radical (unpaired) electrons. The van der Waals surface area contributed by atoms with E-state index in [1.807, 2.05) is 12.1 Å². The molecule has 0 spiro atoms. The Bertz CT molecular complexity index is 510. The number of hydrogen-bond acceptors (Lipinski definition) is 2. The fourth-order valence-corrected chi connectivity index (χ4v) is 1.55. The molecule has 4 heteroatoms. The van der Waals surface area contributed by atoms with Crippen LogP contribution in [0.15, 0.2) is 30.5 Å². The predicted octanol–water partition coefficient (Wildman–Crippen LogP) is 1.99. The zero-order valence-electron chi connectivity index (χ0n) is 7.20. The molecule has 2 N–H and O–H groups in total. The van der Waals surface area contributed by atoms with Gasteiger partial charge in [-0.1, -0.05) is 17.7 Å². The lowest BCUT2D eigenvalue weighted by atomic mass is 10.1. The van der Waals surface area contributed by atoms with Gasteiger partial charge in [-0.25, -0.2) is 0 Å². The van der Waals surface area contributed by atoms with Gasteiger partial charge in [0.25, 0.3) is 0 Å². The SMILES string of the molecule is NC(=O)c1cc2ncccc2cc1Cl. The molecule has 0 fully saturated rings. The van der Waals surface area contributed by atoms with E-state index in [4.69, 9.17) is 17.3 Å². The van der Waals surface area contributed by atoms with Gasteiger partial charge in [0.15, 0.2) is 0 Å². The van der Waals surface area contributed by atoms with Crippen LogP contribution in [0.2, 0.25) is 5.02 Å². The second-order valence-electron chi connectivity index (χ2n) is 2.89. The molecule has 0 atom stereocenters. The van der Waals surface area contributed by atoms with Crippen LogP contribution in [-0.4, -0.2) is 10.9 Å². The average molecular weight is 207 g/mol. The number of fused-ring (bicyclic) bond motifs is 1. The quantitative estimate of drug-likeness (QED) is 0.776. The van der Waals surface area contributed by atoms with Crippen molar-refractivity contribution in [1.82, 2.24) is 4.98 Å². The Morgan fingerprint density at radius 1 is 1.43 bits per heavy atom. The molecule has 0 saturated carbocycles. The number of pyridine rings is 1. The molecule has 0 aliphatic heterocycles. The second kappa shape index (κ2) is 3.27. The Balaban J connectivity index is 2.77. The lowest BCUT2D eigenvalue weighted by Gasteiger charge is -2.01. The van der Waals surface area contributed by atoms with E-state index in [9.17, 15) is 4.79 Å². The first-order valence-electron chi connectivity index (χ1n) is 4.02. The molecule has 3 nitrogen and oxygen atoms in total. The predicted molar refractivity (Wildman–Crippen MR) is 55.3 cm³/mol. The van der Waals surface area contributed by atoms with Crippen molar-refractivity contribution in [3.05, 3.63) is 41.0 Å². The fourth-order valence-electron chi connectivity index (χ4n) is 1.28. The van der Waals surface area contributed by atoms with Gasteiger partial charge in [0.2, 0.25) is 5.91 Å². The molecule has 1 heterocycles. The summed E-state index contributed by atoms with van der Waals surface area (Å²) in [7, 11) is 0. The summed E-state index contributed by atoms with van der Waals surface area (Å²) in [5.41, 5.74) is 6.17. The van der Waals surface area contributed by atoms with E-state index in [1.54, 1.807) is 18.3 Å². The third kappa shape index (κ3) is 1.42. The van der Waals surface area contributed by atoms with Crippen molar-refractivity contribution < 1.29 is 4.79 Å². The molecule has 2 aromatic rings. The summed E-state index contributed by atoms with van der Waals surface area (Å²) in [5.74, 6) is -0.539. The first-order valence-corrected chi connectivity index (χ1v) is 4.40. The number of carbonyl (C=O) groups is 1. The van der Waals surface area contributed by atoms with Crippen molar-refractivity contribution in [2.45, 2.75) is 0 Å². The minimum Gasteiger partial charge on any atom is -0.366 e. The molecule has 70 valence electrons. The molecule has 0 unspecified atom stereocenters. The molecule has 14 heavy (non-hydrogen) atoms. The third-order valence-corrected chi connectivity index (χ3v) is 2.27. The first-order chi connectivity index (χ1) is 6.68. The summed E-state index contributed by atoms with van der Waals surface area (Å²) >= 11 is 5.87. The highest BCUT2D eigenvalue weighted by Gasteiger charge is 2.07. The zero-order valence-corrected chi connectivity index (χ0v) is 7.95. The Hall–Kier alpha value is -1.61. The van der Waals surface area contributed by atoms with Crippen LogP contribution in [0, 0.1) is 0 Å². The van der Waals surface area contributed by atoms with E-state index in [-0.39, 0.29) is 0 Å². The summed E-state index contributed by atoms with van der Waals surface area (Å²) in [6.07, 6.45) is 1.65. The van der Waals surface area contributed by atoms with Gasteiger partial charge in [-0.15, -0.1) is 0 Å². The number of halogens is 1. The molecular weight excluding hydrogens is 200 g/mol. The first kappa shape index (κ1) is 8.97. The molecule has 1 aromatic carbocycles. The van der Waals surface area contributed by atoms with E-state index >= 15 is 0 Å². The van der Waals surface area contributed by atoms with Gasteiger partial charge in [0.1, 0.15) is 0 Å². The van der Waals surface area contributed by atoms with Gasteiger partial charge in [0, 0.05) is 11.6 Å². The van der Waals surface area contributed by atoms with Crippen LogP contribution in [0.25, 0.3) is 10.9 Å². The van der Waals surface area contributed by atoms with Crippen molar-refractivity contribution in [2.75, 3.05) is 0 Å². The lowest BCUT2D eigenvalue weighted by molar-refractivity contribution is 0.100. The topological polar surface area (TPSA) is 56.0 Å². The third-order valence-electron chi connectivity index (χ3n) is 1.96. The number of nitrogens with zero attached hydrogens (tertiary/aromatic N) is 1. The normalized spacial score (nSPS) is 10.4. The highest BCUT2D eigenvalue weighted by atomic mass is 35.5. The Morgan fingerprint density at radius 2 is 2.21 bits per heavy atom. The molecule has 1 aromatic heterocycles. The monoisotopic (exact) mass is 206 g/mol. The van der Waals surface area contributed by atoms with Crippen molar-refractivity contribution in [3.63, 3.8) is 0 Å². The van der Waals surface area contributed by atoms with Gasteiger partial charge in [-0.05, 0) is 18.2 Å². The molecule has 0 aliphatic rings. The molecule has 0 aliphatic carbocycles. The summed E-state index contributed by atoms with van der Waals surface area (Å²) in [6.45, 7) is 0. The minimum absolute atomic E-state index is 0.304. The zero-order chi connectivity index (χ0) is 10.1. The van der Waals surface area contributed by atoms with Gasteiger partial charge in [-0.2, -0.15) is 0 Å². The lowest BCUT2D eigenvalue weighted by Crippen LogP contribution is -2.11. The van der Waals surface area contributed by atoms with Gasteiger partial charge >= 0.3 is 0 Å². The number of carbonyl (C=O) groups excluding carboxylic acids is 1. The van der Waals surface area contributed by atoms with Crippen LogP contribution in [0.5, 0.6) is 0 Å². The summed E-state index contributed by atoms with van der Waals surface area (Å²) < 4.78 is 0. The number of rotatable bonds is 1. The highest BCUT2D eigenvalue weighted by Crippen LogP contribution is 2.21. The van der Waals surface area contributed by atoms with E-state index in [1.165, 1.54) is 0 Å². The number of nitrogens with two attached hydrogens (primary N) is 1. The number of benzene rings is 1. The maximum Gasteiger partial charge on any atom is 0.250 e. The number of primary amides is 1. The highest BCUT2D eigenvalue weighted by molar-refractivity contribution is 6.34. The molecular formula is C10H7ClN2O. The van der Waals surface area contributed by atoms with Crippen LogP contribution in [0.4, 0.5) is 0 Å². The summed E-state index contributed by atoms with van der Waals surface area (Å²) in [5, 5.41) is 1.25. The van der Waals surface area contributed by atoms with E-state index in [0.717, 1.165) is 5.39 Å².